The third-order valence-corrected chi connectivity index (χ3v) is 4.34. The summed E-state index contributed by atoms with van der Waals surface area (Å²) >= 11 is 3.37. The molecular formula is C15H22BBrN6O3. The van der Waals surface area contributed by atoms with Gasteiger partial charge in [0.15, 0.2) is 5.82 Å². The zero-order chi connectivity index (χ0) is 18.9. The number of nitrogens with one attached hydrogen (secondary N) is 1. The fraction of sp³-hybridized carbons (Fsp3) is 0.467. The molecule has 1 amide bonds. The van der Waals surface area contributed by atoms with E-state index in [0.717, 1.165) is 10.0 Å². The van der Waals surface area contributed by atoms with Crippen LogP contribution in [0.3, 0.4) is 0 Å². The summed E-state index contributed by atoms with van der Waals surface area (Å²) < 4.78 is 2.37. The Balaban J connectivity index is 1.81. The summed E-state index contributed by atoms with van der Waals surface area (Å²) in [5.41, 5.74) is 7.07. The van der Waals surface area contributed by atoms with Crippen LogP contribution in [0.15, 0.2) is 28.7 Å². The van der Waals surface area contributed by atoms with Crippen LogP contribution in [0.25, 0.3) is 0 Å². The number of aromatic nitrogens is 4. The smallest absolute Gasteiger partial charge is 0.427 e. The standard InChI is InChI=1S/C15H22BBrN6O3/c17-12-6-4-11(5-7-12)9-19-14(24)10-23-15(20-21-22-23)13(18)3-1-2-8-16(25)26/h4-7,13,25-26H,1-3,8-10,18H2,(H,19,24). The largest absolute Gasteiger partial charge is 0.451 e. The first-order chi connectivity index (χ1) is 12.5. The Labute approximate surface area is 160 Å². The second-order valence-electron chi connectivity index (χ2n) is 5.97. The van der Waals surface area contributed by atoms with Crippen LogP contribution in [0.2, 0.25) is 6.32 Å². The molecule has 1 heterocycles. The Morgan fingerprint density at radius 2 is 2.04 bits per heavy atom. The van der Waals surface area contributed by atoms with Crippen molar-refractivity contribution in [3.63, 3.8) is 0 Å². The van der Waals surface area contributed by atoms with E-state index < -0.39 is 13.2 Å². The summed E-state index contributed by atoms with van der Waals surface area (Å²) in [6.45, 7) is 0.404. The number of unbranched alkanes of at least 4 members (excludes halogenated alkanes) is 1. The number of carbonyl (C=O) groups excluding carboxylic acids is 1. The molecule has 140 valence electrons. The van der Waals surface area contributed by atoms with Crippen molar-refractivity contribution in [2.75, 3.05) is 0 Å². The number of tetrazole rings is 1. The second-order valence-corrected chi connectivity index (χ2v) is 6.89. The molecule has 1 unspecified atom stereocenters. The highest BCUT2D eigenvalue weighted by molar-refractivity contribution is 9.10. The highest BCUT2D eigenvalue weighted by atomic mass is 79.9. The topological polar surface area (TPSA) is 139 Å². The van der Waals surface area contributed by atoms with Crippen molar-refractivity contribution in [1.29, 1.82) is 0 Å². The Hall–Kier alpha value is -1.82. The van der Waals surface area contributed by atoms with E-state index in [0.29, 0.717) is 38.0 Å². The van der Waals surface area contributed by atoms with Crippen molar-refractivity contribution < 1.29 is 14.8 Å². The number of amides is 1. The van der Waals surface area contributed by atoms with Crippen molar-refractivity contribution in [2.45, 2.75) is 44.7 Å². The Bertz CT molecular complexity index is 697. The summed E-state index contributed by atoms with van der Waals surface area (Å²) in [7, 11) is -1.30. The number of carbonyl (C=O) groups is 1. The lowest BCUT2D eigenvalue weighted by molar-refractivity contribution is -0.122. The fourth-order valence-corrected chi connectivity index (χ4v) is 2.67. The summed E-state index contributed by atoms with van der Waals surface area (Å²) in [5.74, 6) is 0.227. The zero-order valence-electron chi connectivity index (χ0n) is 14.3. The predicted molar refractivity (Wildman–Crippen MR) is 99.6 cm³/mol. The molecule has 1 aromatic heterocycles. The highest BCUT2D eigenvalue weighted by Gasteiger charge is 2.17. The molecule has 0 aliphatic heterocycles. The second kappa shape index (κ2) is 10.4. The number of benzene rings is 1. The third kappa shape index (κ3) is 6.83. The minimum atomic E-state index is -1.30. The van der Waals surface area contributed by atoms with E-state index in [1.165, 1.54) is 4.68 Å². The Morgan fingerprint density at radius 1 is 1.31 bits per heavy atom. The lowest BCUT2D eigenvalue weighted by Crippen LogP contribution is -2.29. The van der Waals surface area contributed by atoms with Gasteiger partial charge in [-0.2, -0.15) is 0 Å². The Morgan fingerprint density at radius 3 is 2.73 bits per heavy atom. The number of hydrogen-bond acceptors (Lipinski definition) is 7. The molecule has 2 aromatic rings. The zero-order valence-corrected chi connectivity index (χ0v) is 15.8. The fourth-order valence-electron chi connectivity index (χ4n) is 2.40. The monoisotopic (exact) mass is 424 g/mol. The molecule has 9 nitrogen and oxygen atoms in total. The minimum absolute atomic E-state index is 0.0120. The quantitative estimate of drug-likeness (QED) is 0.319. The average Bonchev–Trinajstić information content (AvgIpc) is 3.06. The molecule has 0 bridgehead atoms. The van der Waals surface area contributed by atoms with Crippen LogP contribution in [0, 0.1) is 0 Å². The van der Waals surface area contributed by atoms with Gasteiger partial charge in [-0.3, -0.25) is 4.79 Å². The van der Waals surface area contributed by atoms with Gasteiger partial charge in [-0.25, -0.2) is 4.68 Å². The van der Waals surface area contributed by atoms with Gasteiger partial charge in [-0.1, -0.05) is 40.9 Å². The molecule has 0 aliphatic carbocycles. The van der Waals surface area contributed by atoms with E-state index >= 15 is 0 Å². The van der Waals surface area contributed by atoms with E-state index in [-0.39, 0.29) is 12.5 Å². The average molecular weight is 425 g/mol. The number of nitrogens with two attached hydrogens (primary N) is 1. The molecule has 0 saturated carbocycles. The third-order valence-electron chi connectivity index (χ3n) is 3.82. The molecule has 2 rings (SSSR count). The summed E-state index contributed by atoms with van der Waals surface area (Å²) in [6, 6.07) is 7.25. The van der Waals surface area contributed by atoms with Crippen LogP contribution >= 0.6 is 15.9 Å². The van der Waals surface area contributed by atoms with Gasteiger partial charge in [0.1, 0.15) is 6.54 Å². The van der Waals surface area contributed by atoms with Gasteiger partial charge in [0, 0.05) is 11.0 Å². The maximum absolute atomic E-state index is 12.1. The molecule has 0 aliphatic rings. The van der Waals surface area contributed by atoms with Crippen LogP contribution < -0.4 is 11.1 Å². The molecule has 1 aromatic carbocycles. The number of halogens is 1. The summed E-state index contributed by atoms with van der Waals surface area (Å²) in [4.78, 5) is 12.1. The van der Waals surface area contributed by atoms with Crippen LogP contribution in [0.1, 0.15) is 36.7 Å². The lowest BCUT2D eigenvalue weighted by Gasteiger charge is -2.12. The van der Waals surface area contributed by atoms with E-state index in [1.807, 2.05) is 24.3 Å². The van der Waals surface area contributed by atoms with Crippen LogP contribution in [0.4, 0.5) is 0 Å². The van der Waals surface area contributed by atoms with E-state index in [2.05, 4.69) is 36.8 Å². The van der Waals surface area contributed by atoms with Gasteiger partial charge in [0.05, 0.1) is 6.04 Å². The van der Waals surface area contributed by atoms with Gasteiger partial charge >= 0.3 is 7.12 Å². The van der Waals surface area contributed by atoms with Crippen LogP contribution in [-0.4, -0.2) is 43.3 Å². The molecule has 0 spiro atoms. The molecular weight excluding hydrogens is 403 g/mol. The van der Waals surface area contributed by atoms with Crippen molar-refractivity contribution in [2.24, 2.45) is 5.73 Å². The molecule has 5 N–H and O–H groups in total. The van der Waals surface area contributed by atoms with Crippen molar-refractivity contribution in [3.05, 3.63) is 40.1 Å². The first kappa shape index (κ1) is 20.5. The molecule has 0 saturated heterocycles. The van der Waals surface area contributed by atoms with Gasteiger partial charge in [-0.05, 0) is 40.9 Å². The van der Waals surface area contributed by atoms with Gasteiger partial charge in [0.2, 0.25) is 5.91 Å². The number of rotatable bonds is 10. The molecule has 0 radical (unpaired) electrons. The minimum Gasteiger partial charge on any atom is -0.427 e. The molecule has 0 fully saturated rings. The number of hydrogen-bond donors (Lipinski definition) is 4. The van der Waals surface area contributed by atoms with Crippen molar-refractivity contribution in [1.82, 2.24) is 25.5 Å². The normalized spacial score (nSPS) is 12.0. The predicted octanol–water partition coefficient (Wildman–Crippen LogP) is 0.395. The van der Waals surface area contributed by atoms with Crippen molar-refractivity contribution in [3.8, 4) is 0 Å². The molecule has 26 heavy (non-hydrogen) atoms. The first-order valence-corrected chi connectivity index (χ1v) is 9.14. The van der Waals surface area contributed by atoms with E-state index in [9.17, 15) is 4.79 Å². The SMILES string of the molecule is NC(CCCCB(O)O)c1nnnn1CC(=O)NCc1ccc(Br)cc1. The summed E-state index contributed by atoms with van der Waals surface area (Å²) in [5, 5.41) is 31.8. The number of nitrogens with zero attached hydrogens (tertiary/aromatic N) is 4. The van der Waals surface area contributed by atoms with Gasteiger partial charge in [-0.15, -0.1) is 5.10 Å². The molecule has 1 atom stereocenters. The van der Waals surface area contributed by atoms with Crippen LogP contribution in [-0.2, 0) is 17.9 Å². The van der Waals surface area contributed by atoms with Gasteiger partial charge < -0.3 is 21.1 Å². The van der Waals surface area contributed by atoms with E-state index in [1.54, 1.807) is 0 Å². The van der Waals surface area contributed by atoms with Gasteiger partial charge in [0.25, 0.3) is 0 Å². The summed E-state index contributed by atoms with van der Waals surface area (Å²) in [6.07, 6.45) is 2.24. The van der Waals surface area contributed by atoms with Crippen molar-refractivity contribution >= 4 is 29.0 Å². The lowest BCUT2D eigenvalue weighted by atomic mass is 9.83. The Kier molecular flexibility index (Phi) is 8.17. The maximum atomic E-state index is 12.1. The molecule has 11 heteroatoms. The first-order valence-electron chi connectivity index (χ1n) is 8.34. The van der Waals surface area contributed by atoms with E-state index in [4.69, 9.17) is 15.8 Å². The van der Waals surface area contributed by atoms with Crippen LogP contribution in [0.5, 0.6) is 0 Å². The maximum Gasteiger partial charge on any atom is 0.451 e. The highest BCUT2D eigenvalue weighted by Crippen LogP contribution is 2.15.